The molecule has 0 bridgehead atoms. The summed E-state index contributed by atoms with van der Waals surface area (Å²) in [6.45, 7) is 1.59. The largest absolute Gasteiger partial charge is 0.269 e. The summed E-state index contributed by atoms with van der Waals surface area (Å²) in [4.78, 5) is 10.2. The van der Waals surface area contributed by atoms with E-state index in [2.05, 4.69) is 0 Å². The van der Waals surface area contributed by atoms with Crippen molar-refractivity contribution in [2.24, 2.45) is 5.14 Å². The van der Waals surface area contributed by atoms with Crippen molar-refractivity contribution < 1.29 is 9.13 Å². The highest BCUT2D eigenvalue weighted by molar-refractivity contribution is 7.99. The normalized spacial score (nSPS) is 14.4. The van der Waals surface area contributed by atoms with Crippen molar-refractivity contribution in [3.05, 3.63) is 34.4 Å². The maximum Gasteiger partial charge on any atom is 0.269 e. The Kier molecular flexibility index (Phi) is 2.87. The molecule has 0 amide bonds. The van der Waals surface area contributed by atoms with Gasteiger partial charge < -0.3 is 0 Å². The van der Waals surface area contributed by atoms with E-state index in [1.54, 1.807) is 6.92 Å². The number of non-ortho nitro benzene ring substituents is 1. The van der Waals surface area contributed by atoms with Crippen LogP contribution < -0.4 is 5.14 Å². The van der Waals surface area contributed by atoms with Gasteiger partial charge in [-0.3, -0.25) is 15.3 Å². The van der Waals surface area contributed by atoms with Gasteiger partial charge in [0.05, 0.1) is 14.6 Å². The van der Waals surface area contributed by atoms with E-state index in [1.807, 2.05) is 0 Å². The van der Waals surface area contributed by atoms with Gasteiger partial charge in [0.1, 0.15) is 0 Å². The summed E-state index contributed by atoms with van der Waals surface area (Å²) in [5.41, 5.74) is -0.0416. The molecule has 0 aliphatic rings. The number of hydrogen-bond acceptors (Lipinski definition) is 3. The third-order valence-corrected chi connectivity index (χ3v) is 3.48. The first-order chi connectivity index (χ1) is 6.47. The van der Waals surface area contributed by atoms with E-state index in [0.717, 1.165) is 0 Å². The Morgan fingerprint density at radius 2 is 1.93 bits per heavy atom. The van der Waals surface area contributed by atoms with Gasteiger partial charge in [0.15, 0.2) is 0 Å². The zero-order chi connectivity index (χ0) is 10.8. The Bertz CT molecular complexity index is 458. The van der Waals surface area contributed by atoms with Crippen LogP contribution in [0, 0.1) is 10.1 Å². The van der Waals surface area contributed by atoms with Gasteiger partial charge in [-0.1, -0.05) is 0 Å². The fourth-order valence-corrected chi connectivity index (χ4v) is 1.75. The summed E-state index contributed by atoms with van der Waals surface area (Å²) < 4.78 is 11.6. The summed E-state index contributed by atoms with van der Waals surface area (Å²) in [6, 6.07) is 5.37. The first kappa shape index (κ1) is 10.7. The fraction of sp³-hybridized carbons (Fsp3) is 0.125. The quantitative estimate of drug-likeness (QED) is 0.451. The first-order valence-corrected chi connectivity index (χ1v) is 5.51. The van der Waals surface area contributed by atoms with Crippen molar-refractivity contribution in [1.29, 1.82) is 0 Å². The Morgan fingerprint density at radius 3 is 2.29 bits per heavy atom. The third-order valence-electron chi connectivity index (χ3n) is 1.77. The van der Waals surface area contributed by atoms with Gasteiger partial charge in [0.2, 0.25) is 0 Å². The van der Waals surface area contributed by atoms with Crippen molar-refractivity contribution in [3.63, 3.8) is 0 Å². The topological polar surface area (TPSA) is 86.2 Å². The lowest BCUT2D eigenvalue weighted by atomic mass is 10.3. The van der Waals surface area contributed by atoms with Gasteiger partial charge in [-0.25, -0.2) is 4.21 Å². The van der Waals surface area contributed by atoms with Crippen LogP contribution in [0.2, 0.25) is 0 Å². The maximum atomic E-state index is 11.6. The molecule has 0 aliphatic heterocycles. The van der Waals surface area contributed by atoms with Gasteiger partial charge >= 0.3 is 0 Å². The van der Waals surface area contributed by atoms with Crippen molar-refractivity contribution in [1.82, 2.24) is 0 Å². The molecule has 6 heteroatoms. The van der Waals surface area contributed by atoms with Crippen LogP contribution in [0.25, 0.3) is 0 Å². The number of benzene rings is 1. The van der Waals surface area contributed by atoms with Crippen LogP contribution >= 0.6 is 0 Å². The molecular weight excluding hydrogens is 204 g/mol. The fourth-order valence-electron chi connectivity index (χ4n) is 0.917. The molecule has 0 saturated carbocycles. The van der Waals surface area contributed by atoms with Crippen LogP contribution in [0.15, 0.2) is 29.2 Å². The lowest BCUT2D eigenvalue weighted by Crippen LogP contribution is -2.14. The number of nitro benzene ring substituents is 1. The number of rotatable bonds is 2. The predicted molar refractivity (Wildman–Crippen MR) is 55.4 cm³/mol. The minimum Gasteiger partial charge on any atom is -0.258 e. The van der Waals surface area contributed by atoms with Gasteiger partial charge in [-0.2, -0.15) is 0 Å². The molecule has 1 rings (SSSR count). The zero-order valence-electron chi connectivity index (χ0n) is 7.54. The zero-order valence-corrected chi connectivity index (χ0v) is 8.36. The van der Waals surface area contributed by atoms with Crippen molar-refractivity contribution in [2.45, 2.75) is 11.8 Å². The van der Waals surface area contributed by atoms with Crippen LogP contribution in [0.5, 0.6) is 0 Å². The maximum absolute atomic E-state index is 11.6. The van der Waals surface area contributed by atoms with E-state index in [9.17, 15) is 14.3 Å². The number of nitrogens with zero attached hydrogens (tertiary/aromatic N) is 1. The van der Waals surface area contributed by atoms with E-state index in [4.69, 9.17) is 5.14 Å². The molecular formula is C8H10N2O3S. The lowest BCUT2D eigenvalue weighted by molar-refractivity contribution is -0.384. The summed E-state index contributed by atoms with van der Waals surface area (Å²) in [5, 5.41) is 17.2. The molecule has 0 saturated heterocycles. The molecule has 0 aliphatic carbocycles. The Morgan fingerprint density at radius 1 is 1.43 bits per heavy atom. The minimum atomic E-state index is -2.64. The second kappa shape index (κ2) is 3.77. The first-order valence-electron chi connectivity index (χ1n) is 3.83. The highest BCUT2D eigenvalue weighted by Gasteiger charge is 2.07. The van der Waals surface area contributed by atoms with Crippen LogP contribution in [0.3, 0.4) is 0 Å². The average molecular weight is 214 g/mol. The number of nitrogens with two attached hydrogens (primary N) is 1. The van der Waals surface area contributed by atoms with Crippen molar-refractivity contribution in [2.75, 3.05) is 0 Å². The molecule has 14 heavy (non-hydrogen) atoms. The van der Waals surface area contributed by atoms with Gasteiger partial charge in [-0.15, -0.1) is 0 Å². The molecule has 0 aromatic heterocycles. The molecule has 0 spiro atoms. The summed E-state index contributed by atoms with van der Waals surface area (Å²) >= 11 is 0. The second-order valence-electron chi connectivity index (χ2n) is 2.63. The van der Waals surface area contributed by atoms with Crippen LogP contribution in [-0.2, 0) is 9.71 Å². The van der Waals surface area contributed by atoms with Crippen LogP contribution in [0.1, 0.15) is 6.92 Å². The van der Waals surface area contributed by atoms with E-state index in [-0.39, 0.29) is 5.69 Å². The van der Waals surface area contributed by atoms with Crippen LogP contribution in [0.4, 0.5) is 5.69 Å². The van der Waals surface area contributed by atoms with Crippen molar-refractivity contribution in [3.8, 4) is 0 Å². The lowest BCUT2D eigenvalue weighted by Gasteiger charge is -2.02. The van der Waals surface area contributed by atoms with Crippen molar-refractivity contribution >= 4 is 20.8 Å². The Labute approximate surface area is 81.8 Å². The highest BCUT2D eigenvalue weighted by Crippen LogP contribution is 2.14. The SMILES string of the molecule is CC=S(N)(=O)c1ccc([N+](=O)[O-])cc1. The van der Waals surface area contributed by atoms with Gasteiger partial charge in [-0.05, 0) is 24.4 Å². The molecule has 1 aromatic carbocycles. The second-order valence-corrected chi connectivity index (χ2v) is 4.87. The number of nitro groups is 1. The summed E-state index contributed by atoms with van der Waals surface area (Å²) in [6.07, 6.45) is 0. The third kappa shape index (κ3) is 2.09. The molecule has 0 fully saturated rings. The monoisotopic (exact) mass is 214 g/mol. The molecule has 0 radical (unpaired) electrons. The van der Waals surface area contributed by atoms with E-state index in [1.165, 1.54) is 29.6 Å². The standard InChI is InChI=1S/C8H10N2O3S/c1-2-14(9,13)8-5-3-7(4-6-8)10(11)12/h2-6H,1H3,(H2,9,13). The highest BCUT2D eigenvalue weighted by atomic mass is 32.2. The smallest absolute Gasteiger partial charge is 0.258 e. The van der Waals surface area contributed by atoms with Crippen LogP contribution in [-0.4, -0.2) is 14.5 Å². The Hall–Kier alpha value is -1.40. The molecule has 2 N–H and O–H groups in total. The van der Waals surface area contributed by atoms with Gasteiger partial charge in [0.25, 0.3) is 5.69 Å². The number of hydrogen-bond donors (Lipinski definition) is 1. The Balaban J connectivity index is 3.19. The molecule has 5 nitrogen and oxygen atoms in total. The minimum absolute atomic E-state index is 0.0416. The molecule has 76 valence electrons. The average Bonchev–Trinajstić information content (AvgIpc) is 2.18. The van der Waals surface area contributed by atoms with E-state index >= 15 is 0 Å². The molecule has 1 aromatic rings. The van der Waals surface area contributed by atoms with Gasteiger partial charge in [0, 0.05) is 17.0 Å². The molecule has 0 heterocycles. The predicted octanol–water partition coefficient (Wildman–Crippen LogP) is 0.934. The summed E-state index contributed by atoms with van der Waals surface area (Å²) in [7, 11) is -2.64. The van der Waals surface area contributed by atoms with E-state index < -0.39 is 14.6 Å². The van der Waals surface area contributed by atoms with E-state index in [0.29, 0.717) is 4.90 Å². The molecule has 1 unspecified atom stereocenters. The summed E-state index contributed by atoms with van der Waals surface area (Å²) in [5.74, 6) is 0. The molecule has 1 atom stereocenters.